The first kappa shape index (κ1) is 21.8. The number of pyridine rings is 1. The summed E-state index contributed by atoms with van der Waals surface area (Å²) in [6, 6.07) is 13.3. The summed E-state index contributed by atoms with van der Waals surface area (Å²) >= 11 is 0. The van der Waals surface area contributed by atoms with E-state index in [-0.39, 0.29) is 5.56 Å². The van der Waals surface area contributed by atoms with Crippen LogP contribution in [0.5, 0.6) is 5.88 Å². The molecule has 1 N–H and O–H groups in total. The molecule has 2 saturated heterocycles. The Morgan fingerprint density at radius 3 is 2.49 bits per heavy atom. The maximum Gasteiger partial charge on any atom is 0.277 e. The molecule has 35 heavy (non-hydrogen) atoms. The highest BCUT2D eigenvalue weighted by molar-refractivity contribution is 5.81. The highest BCUT2D eigenvalue weighted by Gasteiger charge is 2.40. The molecule has 1 aromatic carbocycles. The molecule has 0 atom stereocenters. The molecule has 2 aliphatic heterocycles. The SMILES string of the molecule is COc1nc(N2CCC3(CC2)OCCO3)ccc1-c1nc2c(C)nn(-c3ccccc3)c2c(=O)[nH]1. The summed E-state index contributed by atoms with van der Waals surface area (Å²) in [5.41, 5.74) is 2.73. The molecule has 0 amide bonds. The topological polar surface area (TPSA) is 107 Å². The zero-order valence-electron chi connectivity index (χ0n) is 19.7. The molecule has 0 bridgehead atoms. The van der Waals surface area contributed by atoms with Crippen LogP contribution >= 0.6 is 0 Å². The number of aromatic nitrogens is 5. The highest BCUT2D eigenvalue weighted by atomic mass is 16.7. The van der Waals surface area contributed by atoms with Crippen molar-refractivity contribution in [3.8, 4) is 23.0 Å². The first-order valence-electron chi connectivity index (χ1n) is 11.7. The smallest absolute Gasteiger partial charge is 0.277 e. The molecule has 10 heteroatoms. The summed E-state index contributed by atoms with van der Waals surface area (Å²) in [5, 5.41) is 4.56. The number of para-hydroxylation sites is 1. The zero-order chi connectivity index (χ0) is 24.0. The molecule has 0 aliphatic carbocycles. The first-order chi connectivity index (χ1) is 17.1. The van der Waals surface area contributed by atoms with Crippen molar-refractivity contribution >= 4 is 16.9 Å². The first-order valence-corrected chi connectivity index (χ1v) is 11.7. The van der Waals surface area contributed by atoms with Gasteiger partial charge in [-0.2, -0.15) is 10.1 Å². The lowest BCUT2D eigenvalue weighted by atomic mass is 10.0. The van der Waals surface area contributed by atoms with E-state index in [0.29, 0.717) is 47.2 Å². The fourth-order valence-corrected chi connectivity index (χ4v) is 4.85. The number of piperidine rings is 1. The second kappa shape index (κ2) is 8.47. The molecule has 4 aromatic rings. The van der Waals surface area contributed by atoms with Gasteiger partial charge < -0.3 is 24.1 Å². The van der Waals surface area contributed by atoms with E-state index in [4.69, 9.17) is 24.2 Å². The summed E-state index contributed by atoms with van der Waals surface area (Å²) in [7, 11) is 1.57. The normalized spacial score (nSPS) is 17.4. The Morgan fingerprint density at radius 1 is 1.03 bits per heavy atom. The molecule has 10 nitrogen and oxygen atoms in total. The van der Waals surface area contributed by atoms with Crippen LogP contribution in [0.3, 0.4) is 0 Å². The van der Waals surface area contributed by atoms with Crippen molar-refractivity contribution in [2.75, 3.05) is 38.3 Å². The van der Waals surface area contributed by atoms with Crippen LogP contribution in [0.25, 0.3) is 28.1 Å². The number of fused-ring (bicyclic) bond motifs is 1. The minimum Gasteiger partial charge on any atom is -0.480 e. The monoisotopic (exact) mass is 474 g/mol. The van der Waals surface area contributed by atoms with Crippen LogP contribution < -0.4 is 15.2 Å². The van der Waals surface area contributed by atoms with E-state index < -0.39 is 5.79 Å². The lowest BCUT2D eigenvalue weighted by Crippen LogP contribution is -2.45. The summed E-state index contributed by atoms with van der Waals surface area (Å²) in [4.78, 5) is 27.7. The zero-order valence-corrected chi connectivity index (χ0v) is 19.7. The van der Waals surface area contributed by atoms with E-state index in [1.165, 1.54) is 0 Å². The minimum atomic E-state index is -0.443. The Labute approximate surface area is 201 Å². The largest absolute Gasteiger partial charge is 0.480 e. The molecule has 6 rings (SSSR count). The summed E-state index contributed by atoms with van der Waals surface area (Å²) in [6.45, 7) is 4.69. The third kappa shape index (κ3) is 3.75. The standard InChI is InChI=1S/C25H26N6O4/c1-16-20-21(31(29-16)17-6-4-3-5-7-17)23(32)28-22(27-20)18-8-9-19(26-24(18)33-2)30-12-10-25(11-13-30)34-14-15-35-25/h3-9H,10-15H2,1-2H3,(H,27,28,32). The Kier molecular flexibility index (Phi) is 5.27. The van der Waals surface area contributed by atoms with Crippen molar-refractivity contribution in [2.45, 2.75) is 25.6 Å². The second-order valence-electron chi connectivity index (χ2n) is 8.77. The number of hydrogen-bond donors (Lipinski definition) is 1. The predicted molar refractivity (Wildman–Crippen MR) is 130 cm³/mol. The van der Waals surface area contributed by atoms with E-state index >= 15 is 0 Å². The third-order valence-corrected chi connectivity index (χ3v) is 6.66. The number of hydrogen-bond acceptors (Lipinski definition) is 8. The van der Waals surface area contributed by atoms with Crippen molar-refractivity contribution in [3.63, 3.8) is 0 Å². The van der Waals surface area contributed by atoms with Crippen LogP contribution in [0.15, 0.2) is 47.3 Å². The average molecular weight is 475 g/mol. The number of H-pyrrole nitrogens is 1. The second-order valence-corrected chi connectivity index (χ2v) is 8.77. The van der Waals surface area contributed by atoms with Gasteiger partial charge in [0.15, 0.2) is 11.3 Å². The third-order valence-electron chi connectivity index (χ3n) is 6.66. The van der Waals surface area contributed by atoms with E-state index in [0.717, 1.165) is 37.4 Å². The average Bonchev–Trinajstić information content (AvgIpc) is 3.49. The van der Waals surface area contributed by atoms with Crippen LogP contribution in [-0.4, -0.2) is 63.9 Å². The fraction of sp³-hybridized carbons (Fsp3) is 0.360. The van der Waals surface area contributed by atoms with Crippen LogP contribution in [0, 0.1) is 6.92 Å². The maximum atomic E-state index is 13.2. The van der Waals surface area contributed by atoms with Crippen molar-refractivity contribution < 1.29 is 14.2 Å². The van der Waals surface area contributed by atoms with E-state index in [2.05, 4.69) is 15.0 Å². The molecular formula is C25H26N6O4. The number of nitrogens with zero attached hydrogens (tertiary/aromatic N) is 5. The highest BCUT2D eigenvalue weighted by Crippen LogP contribution is 2.35. The van der Waals surface area contributed by atoms with Crippen LogP contribution in [0.1, 0.15) is 18.5 Å². The quantitative estimate of drug-likeness (QED) is 0.481. The van der Waals surface area contributed by atoms with Gasteiger partial charge in [0.25, 0.3) is 5.56 Å². The molecule has 0 unspecified atom stereocenters. The molecule has 180 valence electrons. The van der Waals surface area contributed by atoms with E-state index in [1.54, 1.807) is 11.8 Å². The van der Waals surface area contributed by atoms with Gasteiger partial charge in [0.2, 0.25) is 5.88 Å². The van der Waals surface area contributed by atoms with Crippen LogP contribution in [0.4, 0.5) is 5.82 Å². The predicted octanol–water partition coefficient (Wildman–Crippen LogP) is 2.83. The van der Waals surface area contributed by atoms with E-state index in [9.17, 15) is 4.79 Å². The summed E-state index contributed by atoms with van der Waals surface area (Å²) < 4.78 is 18.9. The van der Waals surface area contributed by atoms with Gasteiger partial charge in [0.1, 0.15) is 17.2 Å². The molecule has 2 fully saturated rings. The molecule has 1 spiro atoms. The number of rotatable bonds is 4. The minimum absolute atomic E-state index is 0.279. The van der Waals surface area contributed by atoms with Gasteiger partial charge in [-0.25, -0.2) is 9.67 Å². The summed E-state index contributed by atoms with van der Waals surface area (Å²) in [6.07, 6.45) is 1.57. The number of nitrogens with one attached hydrogen (secondary N) is 1. The number of aryl methyl sites for hydroxylation is 1. The van der Waals surface area contributed by atoms with Gasteiger partial charge in [0.05, 0.1) is 37.3 Å². The molecular weight excluding hydrogens is 448 g/mol. The van der Waals surface area contributed by atoms with Gasteiger partial charge in [-0.1, -0.05) is 18.2 Å². The summed E-state index contributed by atoms with van der Waals surface area (Å²) in [5.74, 6) is 1.14. The molecule has 2 aliphatic rings. The number of ether oxygens (including phenoxy) is 3. The lowest BCUT2D eigenvalue weighted by Gasteiger charge is -2.38. The number of anilines is 1. The lowest BCUT2D eigenvalue weighted by molar-refractivity contribution is -0.169. The van der Waals surface area contributed by atoms with Gasteiger partial charge in [-0.3, -0.25) is 4.79 Å². The Balaban J connectivity index is 1.34. The number of aromatic amines is 1. The Hall–Kier alpha value is -3.76. The van der Waals surface area contributed by atoms with Gasteiger partial charge in [-0.15, -0.1) is 0 Å². The Morgan fingerprint density at radius 2 is 1.77 bits per heavy atom. The van der Waals surface area contributed by atoms with Gasteiger partial charge in [-0.05, 0) is 31.2 Å². The van der Waals surface area contributed by atoms with Gasteiger partial charge >= 0.3 is 0 Å². The molecule has 3 aromatic heterocycles. The molecule has 5 heterocycles. The van der Waals surface area contributed by atoms with Crippen molar-refractivity contribution in [1.29, 1.82) is 0 Å². The fourth-order valence-electron chi connectivity index (χ4n) is 4.85. The Bertz CT molecular complexity index is 1430. The van der Waals surface area contributed by atoms with Crippen molar-refractivity contribution in [2.24, 2.45) is 0 Å². The van der Waals surface area contributed by atoms with E-state index in [1.807, 2.05) is 49.4 Å². The van der Waals surface area contributed by atoms with Crippen LogP contribution in [0.2, 0.25) is 0 Å². The number of methoxy groups -OCH3 is 1. The van der Waals surface area contributed by atoms with Crippen molar-refractivity contribution in [1.82, 2.24) is 24.7 Å². The van der Waals surface area contributed by atoms with Gasteiger partial charge in [0, 0.05) is 25.9 Å². The number of benzene rings is 1. The van der Waals surface area contributed by atoms with Crippen LogP contribution in [-0.2, 0) is 9.47 Å². The molecule has 0 radical (unpaired) electrons. The van der Waals surface area contributed by atoms with Crippen molar-refractivity contribution in [3.05, 3.63) is 58.5 Å². The molecule has 0 saturated carbocycles. The maximum absolute atomic E-state index is 13.2.